The molecule has 1 unspecified atom stereocenters. The third-order valence-corrected chi connectivity index (χ3v) is 9.89. The number of benzene rings is 1. The maximum absolute atomic E-state index is 13.0. The standard InChI is InChI=1S/C19H24FNOS2/c20-17-6-4-13(5-7-17)12-21-18(22)14-10-15-2-1-3-16(11-14)19(15)23-8-9-24-19/h4-7,14-16H,1-3,8-12H2,(H,21,22)/t14?,15-,16+. The van der Waals surface area contributed by atoms with E-state index in [1.165, 1.54) is 42.9 Å². The second kappa shape index (κ2) is 6.91. The lowest BCUT2D eigenvalue weighted by Crippen LogP contribution is -2.49. The molecule has 1 heterocycles. The van der Waals surface area contributed by atoms with Crippen LogP contribution in [-0.2, 0) is 11.3 Å². The van der Waals surface area contributed by atoms with Crippen LogP contribution >= 0.6 is 23.5 Å². The molecule has 1 spiro atoms. The van der Waals surface area contributed by atoms with Gasteiger partial charge in [-0.3, -0.25) is 4.79 Å². The molecule has 1 N–H and O–H groups in total. The number of halogens is 1. The highest BCUT2D eigenvalue weighted by atomic mass is 32.2. The lowest BCUT2D eigenvalue weighted by Gasteiger charge is -2.52. The van der Waals surface area contributed by atoms with Crippen LogP contribution in [-0.4, -0.2) is 21.5 Å². The molecule has 3 aliphatic rings. The van der Waals surface area contributed by atoms with Crippen LogP contribution in [0.15, 0.2) is 24.3 Å². The zero-order valence-corrected chi connectivity index (χ0v) is 15.4. The van der Waals surface area contributed by atoms with Crippen molar-refractivity contribution in [2.75, 3.05) is 11.5 Å². The van der Waals surface area contributed by atoms with E-state index < -0.39 is 0 Å². The SMILES string of the molecule is O=C(NCc1ccc(F)cc1)C1C[C@H]2CCC[C@@H](C1)C21SCCS1. The van der Waals surface area contributed by atoms with Crippen molar-refractivity contribution in [2.45, 2.75) is 42.7 Å². The fourth-order valence-corrected chi connectivity index (χ4v) is 8.70. The zero-order chi connectivity index (χ0) is 16.6. The van der Waals surface area contributed by atoms with Crippen molar-refractivity contribution in [1.29, 1.82) is 0 Å². The average Bonchev–Trinajstić information content (AvgIpc) is 3.03. The Morgan fingerprint density at radius 2 is 1.75 bits per heavy atom. The van der Waals surface area contributed by atoms with Gasteiger partial charge in [0.25, 0.3) is 0 Å². The van der Waals surface area contributed by atoms with E-state index in [0.717, 1.165) is 18.4 Å². The zero-order valence-electron chi connectivity index (χ0n) is 13.8. The molecule has 1 aliphatic heterocycles. The van der Waals surface area contributed by atoms with E-state index in [0.29, 0.717) is 22.5 Å². The summed E-state index contributed by atoms with van der Waals surface area (Å²) in [5.41, 5.74) is 0.958. The molecule has 130 valence electrons. The number of hydrogen-bond donors (Lipinski definition) is 1. The Balaban J connectivity index is 1.38. The van der Waals surface area contributed by atoms with Gasteiger partial charge in [0, 0.05) is 24.0 Å². The van der Waals surface area contributed by atoms with Crippen molar-refractivity contribution < 1.29 is 9.18 Å². The predicted molar refractivity (Wildman–Crippen MR) is 99.4 cm³/mol. The summed E-state index contributed by atoms with van der Waals surface area (Å²) in [4.78, 5) is 12.7. The minimum atomic E-state index is -0.234. The Hall–Kier alpha value is -0.680. The van der Waals surface area contributed by atoms with Crippen molar-refractivity contribution in [3.05, 3.63) is 35.6 Å². The van der Waals surface area contributed by atoms with Crippen LogP contribution in [0, 0.1) is 23.6 Å². The fraction of sp³-hybridized carbons (Fsp3) is 0.632. The largest absolute Gasteiger partial charge is 0.352 e. The number of rotatable bonds is 3. The molecule has 24 heavy (non-hydrogen) atoms. The van der Waals surface area contributed by atoms with Gasteiger partial charge in [0.1, 0.15) is 5.82 Å². The van der Waals surface area contributed by atoms with Crippen molar-refractivity contribution in [3.63, 3.8) is 0 Å². The smallest absolute Gasteiger partial charge is 0.223 e. The van der Waals surface area contributed by atoms with E-state index in [1.54, 1.807) is 12.1 Å². The summed E-state index contributed by atoms with van der Waals surface area (Å²) in [5, 5.41) is 3.08. The van der Waals surface area contributed by atoms with Crippen LogP contribution in [0.4, 0.5) is 4.39 Å². The molecule has 2 bridgehead atoms. The fourth-order valence-electron chi connectivity index (χ4n) is 4.76. The van der Waals surface area contributed by atoms with Crippen molar-refractivity contribution in [3.8, 4) is 0 Å². The number of hydrogen-bond acceptors (Lipinski definition) is 3. The van der Waals surface area contributed by atoms with Gasteiger partial charge >= 0.3 is 0 Å². The minimum absolute atomic E-state index is 0.160. The Bertz CT molecular complexity index is 584. The number of carbonyl (C=O) groups excluding carboxylic acids is 1. The molecule has 0 radical (unpaired) electrons. The highest BCUT2D eigenvalue weighted by Crippen LogP contribution is 2.64. The Morgan fingerprint density at radius 3 is 2.38 bits per heavy atom. The summed E-state index contributed by atoms with van der Waals surface area (Å²) in [7, 11) is 0. The van der Waals surface area contributed by atoms with E-state index in [2.05, 4.69) is 28.8 Å². The van der Waals surface area contributed by atoms with Gasteiger partial charge in [0.15, 0.2) is 0 Å². The molecule has 3 fully saturated rings. The molecule has 2 saturated carbocycles. The van der Waals surface area contributed by atoms with Gasteiger partial charge in [-0.05, 0) is 55.2 Å². The highest BCUT2D eigenvalue weighted by Gasteiger charge is 2.55. The number of carbonyl (C=O) groups is 1. The molecule has 0 aromatic heterocycles. The van der Waals surface area contributed by atoms with Crippen LogP contribution in [0.1, 0.15) is 37.7 Å². The van der Waals surface area contributed by atoms with Gasteiger partial charge in [-0.2, -0.15) is 0 Å². The highest BCUT2D eigenvalue weighted by molar-refractivity contribution is 8.21. The molecule has 1 aromatic carbocycles. The summed E-state index contributed by atoms with van der Waals surface area (Å²) < 4.78 is 13.4. The molecular formula is C19H24FNOS2. The predicted octanol–water partition coefficient (Wildman–Crippen LogP) is 4.44. The van der Waals surface area contributed by atoms with Crippen LogP contribution in [0.5, 0.6) is 0 Å². The van der Waals surface area contributed by atoms with E-state index >= 15 is 0 Å². The van der Waals surface area contributed by atoms with Gasteiger partial charge < -0.3 is 5.32 Å². The maximum atomic E-state index is 13.0. The first-order chi connectivity index (χ1) is 11.7. The molecule has 1 aromatic rings. The molecule has 2 aliphatic carbocycles. The maximum Gasteiger partial charge on any atom is 0.223 e. The first-order valence-corrected chi connectivity index (χ1v) is 10.9. The summed E-state index contributed by atoms with van der Waals surface area (Å²) in [6, 6.07) is 6.38. The molecule has 1 amide bonds. The molecule has 3 atom stereocenters. The molecule has 5 heteroatoms. The van der Waals surface area contributed by atoms with Crippen LogP contribution in [0.3, 0.4) is 0 Å². The molecular weight excluding hydrogens is 341 g/mol. The van der Waals surface area contributed by atoms with Gasteiger partial charge in [-0.15, -0.1) is 23.5 Å². The van der Waals surface area contributed by atoms with E-state index in [4.69, 9.17) is 0 Å². The van der Waals surface area contributed by atoms with Crippen molar-refractivity contribution in [2.24, 2.45) is 17.8 Å². The van der Waals surface area contributed by atoms with Crippen molar-refractivity contribution >= 4 is 29.4 Å². The van der Waals surface area contributed by atoms with Gasteiger partial charge in [0.2, 0.25) is 5.91 Å². The van der Waals surface area contributed by atoms with Crippen LogP contribution < -0.4 is 5.32 Å². The summed E-state index contributed by atoms with van der Waals surface area (Å²) >= 11 is 4.36. The van der Waals surface area contributed by atoms with E-state index in [9.17, 15) is 9.18 Å². The monoisotopic (exact) mass is 365 g/mol. The first-order valence-electron chi connectivity index (χ1n) is 8.97. The Kier molecular flexibility index (Phi) is 4.83. The topological polar surface area (TPSA) is 29.1 Å². The van der Waals surface area contributed by atoms with Gasteiger partial charge in [0.05, 0.1) is 4.08 Å². The second-order valence-electron chi connectivity index (χ2n) is 7.26. The van der Waals surface area contributed by atoms with Gasteiger partial charge in [-0.1, -0.05) is 18.6 Å². The molecule has 2 nitrogen and oxygen atoms in total. The lowest BCUT2D eigenvalue weighted by atomic mass is 9.67. The van der Waals surface area contributed by atoms with Crippen LogP contribution in [0.2, 0.25) is 0 Å². The van der Waals surface area contributed by atoms with Crippen molar-refractivity contribution in [1.82, 2.24) is 5.32 Å². The normalized spacial score (nSPS) is 31.1. The third kappa shape index (κ3) is 3.10. The number of nitrogens with one attached hydrogen (secondary N) is 1. The molecule has 4 rings (SSSR count). The summed E-state index contributed by atoms with van der Waals surface area (Å²) in [6.07, 6.45) is 6.01. The average molecular weight is 366 g/mol. The lowest BCUT2D eigenvalue weighted by molar-refractivity contribution is -0.127. The van der Waals surface area contributed by atoms with Gasteiger partial charge in [-0.25, -0.2) is 4.39 Å². The second-order valence-corrected chi connectivity index (χ2v) is 10.3. The number of thioether (sulfide) groups is 2. The first kappa shape index (κ1) is 16.8. The summed E-state index contributed by atoms with van der Waals surface area (Å²) in [6.45, 7) is 0.500. The number of amides is 1. The summed E-state index contributed by atoms with van der Waals surface area (Å²) in [5.74, 6) is 4.07. The van der Waals surface area contributed by atoms with E-state index in [-0.39, 0.29) is 17.6 Å². The van der Waals surface area contributed by atoms with E-state index in [1.807, 2.05) is 0 Å². The minimum Gasteiger partial charge on any atom is -0.352 e. The Morgan fingerprint density at radius 1 is 1.12 bits per heavy atom. The quantitative estimate of drug-likeness (QED) is 0.858. The molecule has 1 saturated heterocycles. The Labute approximate surface area is 151 Å². The van der Waals surface area contributed by atoms with Crippen LogP contribution in [0.25, 0.3) is 0 Å². The third-order valence-electron chi connectivity index (χ3n) is 5.87.